The molecule has 0 saturated carbocycles. The highest BCUT2D eigenvalue weighted by molar-refractivity contribution is 5.06. The lowest BCUT2D eigenvalue weighted by atomic mass is 10.3. The molecule has 0 spiro atoms. The van der Waals surface area contributed by atoms with Crippen LogP contribution in [-0.2, 0) is 11.8 Å². The number of aromatic nitrogens is 1. The maximum atomic E-state index is 10.7. The van der Waals surface area contributed by atoms with Gasteiger partial charge in [0.15, 0.2) is 0 Å². The van der Waals surface area contributed by atoms with Crippen LogP contribution in [0.15, 0.2) is 23.1 Å². The summed E-state index contributed by atoms with van der Waals surface area (Å²) in [6.45, 7) is 10.5. The zero-order valence-corrected chi connectivity index (χ0v) is 11.8. The maximum Gasteiger partial charge on any atom is 0.250 e. The average molecular weight is 252 g/mol. The first kappa shape index (κ1) is 14.9. The number of ether oxygens (including phenoxy) is 1. The van der Waals surface area contributed by atoms with Crippen LogP contribution in [0.3, 0.4) is 0 Å². The largest absolute Gasteiger partial charge is 0.379 e. The lowest BCUT2D eigenvalue weighted by Gasteiger charge is -2.29. The summed E-state index contributed by atoms with van der Waals surface area (Å²) in [6.07, 6.45) is 1.81. The molecular weight excluding hydrogens is 228 g/mol. The molecule has 0 aliphatic carbocycles. The van der Waals surface area contributed by atoms with Crippen molar-refractivity contribution in [2.24, 2.45) is 7.05 Å². The summed E-state index contributed by atoms with van der Waals surface area (Å²) in [5.41, 5.74) is 1.15. The van der Waals surface area contributed by atoms with Crippen LogP contribution in [0.2, 0.25) is 0 Å². The zero-order chi connectivity index (χ0) is 13.5. The Morgan fingerprint density at radius 3 is 2.22 bits per heavy atom. The Kier molecular flexibility index (Phi) is 6.09. The monoisotopic (exact) mass is 252 g/mol. The van der Waals surface area contributed by atoms with E-state index in [0.29, 0.717) is 6.04 Å². The molecule has 1 aromatic heterocycles. The SMILES string of the molecule is CC(C)N1CCOCC1.Cc1ccc(=O)n(C)c1. The van der Waals surface area contributed by atoms with Crippen molar-refractivity contribution >= 4 is 0 Å². The Morgan fingerprint density at radius 1 is 1.22 bits per heavy atom. The Hall–Kier alpha value is -1.13. The van der Waals surface area contributed by atoms with Crippen molar-refractivity contribution in [3.63, 3.8) is 0 Å². The second kappa shape index (κ2) is 7.34. The lowest BCUT2D eigenvalue weighted by molar-refractivity contribution is 0.0238. The van der Waals surface area contributed by atoms with Crippen molar-refractivity contribution in [3.05, 3.63) is 34.2 Å². The second-order valence-corrected chi connectivity index (χ2v) is 4.90. The van der Waals surface area contributed by atoms with E-state index in [9.17, 15) is 4.79 Å². The van der Waals surface area contributed by atoms with E-state index < -0.39 is 0 Å². The van der Waals surface area contributed by atoms with Gasteiger partial charge in [0.25, 0.3) is 0 Å². The summed E-state index contributed by atoms with van der Waals surface area (Å²) in [6, 6.07) is 4.06. The number of nitrogens with zero attached hydrogens (tertiary/aromatic N) is 2. The molecule has 1 saturated heterocycles. The van der Waals surface area contributed by atoms with Gasteiger partial charge in [0.05, 0.1) is 13.2 Å². The van der Waals surface area contributed by atoms with Crippen LogP contribution < -0.4 is 5.56 Å². The summed E-state index contributed by atoms with van der Waals surface area (Å²) in [5.74, 6) is 0. The first-order valence-corrected chi connectivity index (χ1v) is 6.46. The minimum atomic E-state index is 0.0422. The molecule has 4 nitrogen and oxygen atoms in total. The van der Waals surface area contributed by atoms with Crippen molar-refractivity contribution < 1.29 is 4.74 Å². The van der Waals surface area contributed by atoms with E-state index >= 15 is 0 Å². The third kappa shape index (κ3) is 5.02. The third-order valence-corrected chi connectivity index (χ3v) is 3.01. The van der Waals surface area contributed by atoms with Gasteiger partial charge >= 0.3 is 0 Å². The number of rotatable bonds is 1. The fraction of sp³-hybridized carbons (Fsp3) is 0.643. The lowest BCUT2D eigenvalue weighted by Crippen LogP contribution is -2.40. The van der Waals surface area contributed by atoms with Gasteiger partial charge < -0.3 is 9.30 Å². The molecule has 1 fully saturated rings. The first-order valence-electron chi connectivity index (χ1n) is 6.46. The molecule has 0 unspecified atom stereocenters. The molecule has 0 atom stereocenters. The van der Waals surface area contributed by atoms with Gasteiger partial charge in [-0.25, -0.2) is 0 Å². The van der Waals surface area contributed by atoms with Crippen LogP contribution in [-0.4, -0.2) is 41.8 Å². The summed E-state index contributed by atoms with van der Waals surface area (Å²) in [4.78, 5) is 13.2. The number of aryl methyl sites for hydroxylation is 2. The van der Waals surface area contributed by atoms with Crippen LogP contribution in [0.25, 0.3) is 0 Å². The van der Waals surface area contributed by atoms with Gasteiger partial charge in [-0.3, -0.25) is 9.69 Å². The van der Waals surface area contributed by atoms with Crippen LogP contribution in [0.1, 0.15) is 19.4 Å². The Bertz CT molecular complexity index is 407. The summed E-state index contributed by atoms with van der Waals surface area (Å²) in [5, 5.41) is 0. The molecule has 4 heteroatoms. The third-order valence-electron chi connectivity index (χ3n) is 3.01. The topological polar surface area (TPSA) is 34.5 Å². The summed E-state index contributed by atoms with van der Waals surface area (Å²) >= 11 is 0. The predicted octanol–water partition coefficient (Wildman–Crippen LogP) is 1.42. The molecule has 1 aromatic rings. The highest BCUT2D eigenvalue weighted by atomic mass is 16.5. The molecule has 1 aliphatic rings. The molecule has 18 heavy (non-hydrogen) atoms. The summed E-state index contributed by atoms with van der Waals surface area (Å²) in [7, 11) is 1.75. The van der Waals surface area contributed by atoms with Gasteiger partial charge in [0, 0.05) is 38.4 Å². The average Bonchev–Trinajstić information content (AvgIpc) is 2.36. The Morgan fingerprint density at radius 2 is 1.83 bits per heavy atom. The van der Waals surface area contributed by atoms with Crippen molar-refractivity contribution in [2.75, 3.05) is 26.3 Å². The molecule has 0 radical (unpaired) electrons. The van der Waals surface area contributed by atoms with Gasteiger partial charge in [0.2, 0.25) is 5.56 Å². The van der Waals surface area contributed by atoms with Crippen LogP contribution >= 0.6 is 0 Å². The standard InChI is InChI=1S/C7H15NO.C7H9NO/c1-7(2)8-3-5-9-6-4-8;1-6-3-4-7(9)8(2)5-6/h7H,3-6H2,1-2H3;3-5H,1-2H3. The smallest absolute Gasteiger partial charge is 0.250 e. The fourth-order valence-corrected chi connectivity index (χ4v) is 1.83. The predicted molar refractivity (Wildman–Crippen MR) is 73.9 cm³/mol. The molecule has 2 heterocycles. The van der Waals surface area contributed by atoms with Crippen molar-refractivity contribution in [3.8, 4) is 0 Å². The minimum absolute atomic E-state index is 0.0422. The first-order chi connectivity index (χ1) is 8.50. The summed E-state index contributed by atoms with van der Waals surface area (Å²) < 4.78 is 6.77. The second-order valence-electron chi connectivity index (χ2n) is 4.90. The minimum Gasteiger partial charge on any atom is -0.379 e. The van der Waals surface area contributed by atoms with E-state index in [1.807, 2.05) is 19.2 Å². The maximum absolute atomic E-state index is 10.7. The zero-order valence-electron chi connectivity index (χ0n) is 11.8. The number of pyridine rings is 1. The van der Waals surface area contributed by atoms with Crippen LogP contribution in [0.4, 0.5) is 0 Å². The van der Waals surface area contributed by atoms with Gasteiger partial charge in [-0.05, 0) is 26.3 Å². The fourth-order valence-electron chi connectivity index (χ4n) is 1.83. The van der Waals surface area contributed by atoms with Crippen LogP contribution in [0, 0.1) is 6.92 Å². The van der Waals surface area contributed by atoms with Crippen molar-refractivity contribution in [1.82, 2.24) is 9.47 Å². The number of hydrogen-bond acceptors (Lipinski definition) is 3. The number of morpholine rings is 1. The molecule has 0 amide bonds. The van der Waals surface area contributed by atoms with E-state index in [1.54, 1.807) is 17.7 Å². The number of hydrogen-bond donors (Lipinski definition) is 0. The molecular formula is C14H24N2O2. The molecule has 1 aliphatic heterocycles. The molecule has 0 N–H and O–H groups in total. The van der Waals surface area contributed by atoms with E-state index in [1.165, 1.54) is 0 Å². The van der Waals surface area contributed by atoms with E-state index in [0.717, 1.165) is 31.9 Å². The molecule has 102 valence electrons. The highest BCUT2D eigenvalue weighted by Gasteiger charge is 2.11. The van der Waals surface area contributed by atoms with E-state index in [-0.39, 0.29) is 5.56 Å². The van der Waals surface area contributed by atoms with E-state index in [2.05, 4.69) is 18.7 Å². The van der Waals surface area contributed by atoms with Gasteiger partial charge in [-0.15, -0.1) is 0 Å². The Balaban J connectivity index is 0.000000180. The van der Waals surface area contributed by atoms with Crippen molar-refractivity contribution in [1.29, 1.82) is 0 Å². The van der Waals surface area contributed by atoms with Crippen LogP contribution in [0.5, 0.6) is 0 Å². The van der Waals surface area contributed by atoms with Gasteiger partial charge in [-0.2, -0.15) is 0 Å². The molecule has 0 bridgehead atoms. The highest BCUT2D eigenvalue weighted by Crippen LogP contribution is 2.01. The van der Waals surface area contributed by atoms with Crippen molar-refractivity contribution in [2.45, 2.75) is 26.8 Å². The van der Waals surface area contributed by atoms with E-state index in [4.69, 9.17) is 4.74 Å². The Labute approximate surface area is 109 Å². The van der Waals surface area contributed by atoms with Gasteiger partial charge in [0.1, 0.15) is 0 Å². The van der Waals surface area contributed by atoms with Gasteiger partial charge in [-0.1, -0.05) is 6.07 Å². The normalized spacial score (nSPS) is 16.3. The quantitative estimate of drug-likeness (QED) is 0.758. The molecule has 2 rings (SSSR count). The molecule has 0 aromatic carbocycles.